The molecule has 0 unspecified atom stereocenters. The largest absolute Gasteiger partial charge is 0.309 e. The third-order valence-electron chi connectivity index (χ3n) is 6.40. The molecule has 0 atom stereocenters. The smallest absolute Gasteiger partial charge is 0.0786 e. The molecule has 2 heterocycles. The van der Waals surface area contributed by atoms with Crippen LogP contribution < -0.4 is 0 Å². The van der Waals surface area contributed by atoms with E-state index < -0.39 is 0 Å². The summed E-state index contributed by atoms with van der Waals surface area (Å²) >= 11 is 0. The van der Waals surface area contributed by atoms with Crippen molar-refractivity contribution in [1.82, 2.24) is 9.55 Å². The molecule has 31 heavy (non-hydrogen) atoms. The number of pyridine rings is 1. The molecular formula is C29H18N2. The summed E-state index contributed by atoms with van der Waals surface area (Å²) < 4.78 is 2.38. The molecule has 7 aromatic rings. The number of nitrogens with zero attached hydrogens (tertiary/aromatic N) is 2. The molecule has 2 aromatic heterocycles. The number of fused-ring (bicyclic) bond motifs is 9. The first-order chi connectivity index (χ1) is 15.4. The molecular weight excluding hydrogens is 376 g/mol. The van der Waals surface area contributed by atoms with E-state index in [1.54, 1.807) is 0 Å². The normalized spacial score (nSPS) is 11.9. The summed E-state index contributed by atoms with van der Waals surface area (Å²) in [5.41, 5.74) is 4.70. The lowest BCUT2D eigenvalue weighted by Crippen LogP contribution is -1.93. The molecule has 0 aliphatic heterocycles. The van der Waals surface area contributed by atoms with E-state index in [9.17, 15) is 0 Å². The average molecular weight is 394 g/mol. The molecule has 5 aromatic carbocycles. The molecule has 0 saturated carbocycles. The maximum absolute atomic E-state index is 4.75. The Hall–Kier alpha value is -4.17. The van der Waals surface area contributed by atoms with E-state index in [1.807, 2.05) is 12.3 Å². The third-order valence-corrected chi connectivity index (χ3v) is 6.40. The van der Waals surface area contributed by atoms with E-state index >= 15 is 0 Å². The van der Waals surface area contributed by atoms with Gasteiger partial charge in [-0.2, -0.15) is 0 Å². The Bertz CT molecular complexity index is 1780. The van der Waals surface area contributed by atoms with Gasteiger partial charge in [-0.1, -0.05) is 66.7 Å². The zero-order valence-electron chi connectivity index (χ0n) is 16.8. The molecule has 2 heteroatoms. The Kier molecular flexibility index (Phi) is 3.30. The van der Waals surface area contributed by atoms with Crippen LogP contribution in [0, 0.1) is 0 Å². The summed E-state index contributed by atoms with van der Waals surface area (Å²) in [5.74, 6) is 0. The molecule has 0 radical (unpaired) electrons. The number of para-hydroxylation sites is 2. The van der Waals surface area contributed by atoms with Crippen molar-refractivity contribution in [2.75, 3.05) is 0 Å². The molecule has 0 aliphatic carbocycles. The highest BCUT2D eigenvalue weighted by Crippen LogP contribution is 2.40. The highest BCUT2D eigenvalue weighted by molar-refractivity contribution is 6.27. The maximum atomic E-state index is 4.75. The summed E-state index contributed by atoms with van der Waals surface area (Å²) in [7, 11) is 0. The molecule has 0 amide bonds. The van der Waals surface area contributed by atoms with Crippen molar-refractivity contribution in [3.05, 3.63) is 109 Å². The lowest BCUT2D eigenvalue weighted by Gasteiger charge is -2.11. The highest BCUT2D eigenvalue weighted by Gasteiger charge is 2.16. The van der Waals surface area contributed by atoms with Crippen molar-refractivity contribution < 1.29 is 0 Å². The maximum Gasteiger partial charge on any atom is 0.0786 e. The minimum absolute atomic E-state index is 1.07. The van der Waals surface area contributed by atoms with Gasteiger partial charge < -0.3 is 4.57 Å². The molecule has 0 aliphatic rings. The van der Waals surface area contributed by atoms with Gasteiger partial charge in [-0.25, -0.2) is 0 Å². The van der Waals surface area contributed by atoms with E-state index in [4.69, 9.17) is 4.98 Å². The fourth-order valence-electron chi connectivity index (χ4n) is 5.08. The Morgan fingerprint density at radius 2 is 1.10 bits per heavy atom. The summed E-state index contributed by atoms with van der Waals surface area (Å²) in [6, 6.07) is 36.9. The zero-order chi connectivity index (χ0) is 20.4. The van der Waals surface area contributed by atoms with Crippen molar-refractivity contribution in [1.29, 1.82) is 0 Å². The van der Waals surface area contributed by atoms with Gasteiger partial charge in [-0.15, -0.1) is 0 Å². The minimum Gasteiger partial charge on any atom is -0.309 e. The molecule has 0 bridgehead atoms. The summed E-state index contributed by atoms with van der Waals surface area (Å²) in [5, 5.41) is 8.71. The second kappa shape index (κ2) is 6.16. The van der Waals surface area contributed by atoms with E-state index in [0.717, 1.165) is 5.52 Å². The standard InChI is InChI=1S/C29H18N2/c1-2-9-19(10-3-1)31-27-15-7-6-12-21(27)26-17-24-23-14-8-16-30-29(23)22-13-5-4-11-20(22)25(24)18-28(26)31/h1-18H. The Balaban J connectivity index is 1.78. The first-order valence-electron chi connectivity index (χ1n) is 10.6. The molecule has 0 spiro atoms. The van der Waals surface area contributed by atoms with Crippen LogP contribution in [0.1, 0.15) is 0 Å². The number of hydrogen-bond donors (Lipinski definition) is 0. The van der Waals surface area contributed by atoms with E-state index in [2.05, 4.69) is 102 Å². The van der Waals surface area contributed by atoms with Crippen LogP contribution in [0.4, 0.5) is 0 Å². The van der Waals surface area contributed by atoms with Crippen LogP contribution in [-0.2, 0) is 0 Å². The van der Waals surface area contributed by atoms with Gasteiger partial charge in [-0.3, -0.25) is 4.98 Å². The van der Waals surface area contributed by atoms with Crippen molar-refractivity contribution >= 4 is 54.3 Å². The average Bonchev–Trinajstić information content (AvgIpc) is 3.17. The lowest BCUT2D eigenvalue weighted by molar-refractivity contribution is 1.18. The Labute approximate surface area is 179 Å². The first kappa shape index (κ1) is 16.6. The van der Waals surface area contributed by atoms with E-state index in [1.165, 1.54) is 54.4 Å². The van der Waals surface area contributed by atoms with Gasteiger partial charge in [0.1, 0.15) is 0 Å². The predicted octanol–water partition coefficient (Wildman–Crippen LogP) is 7.64. The van der Waals surface area contributed by atoms with Crippen LogP contribution in [-0.4, -0.2) is 9.55 Å². The van der Waals surface area contributed by atoms with Crippen molar-refractivity contribution in [3.8, 4) is 5.69 Å². The second-order valence-electron chi connectivity index (χ2n) is 8.05. The fourth-order valence-corrected chi connectivity index (χ4v) is 5.08. The molecule has 2 nitrogen and oxygen atoms in total. The zero-order valence-corrected chi connectivity index (χ0v) is 16.8. The molecule has 144 valence electrons. The number of rotatable bonds is 1. The van der Waals surface area contributed by atoms with Crippen molar-refractivity contribution in [3.63, 3.8) is 0 Å². The van der Waals surface area contributed by atoms with Gasteiger partial charge in [0.2, 0.25) is 0 Å². The van der Waals surface area contributed by atoms with Crippen molar-refractivity contribution in [2.45, 2.75) is 0 Å². The van der Waals surface area contributed by atoms with E-state index in [0.29, 0.717) is 0 Å². The Morgan fingerprint density at radius 3 is 1.97 bits per heavy atom. The van der Waals surface area contributed by atoms with Gasteiger partial charge in [0, 0.05) is 33.4 Å². The minimum atomic E-state index is 1.07. The van der Waals surface area contributed by atoms with Crippen LogP contribution in [0.3, 0.4) is 0 Å². The summed E-state index contributed by atoms with van der Waals surface area (Å²) in [4.78, 5) is 4.75. The number of hydrogen-bond acceptors (Lipinski definition) is 1. The Morgan fingerprint density at radius 1 is 0.452 bits per heavy atom. The fraction of sp³-hybridized carbons (Fsp3) is 0. The summed E-state index contributed by atoms with van der Waals surface area (Å²) in [6.45, 7) is 0. The second-order valence-corrected chi connectivity index (χ2v) is 8.05. The topological polar surface area (TPSA) is 17.8 Å². The van der Waals surface area contributed by atoms with Gasteiger partial charge >= 0.3 is 0 Å². The van der Waals surface area contributed by atoms with E-state index in [-0.39, 0.29) is 0 Å². The van der Waals surface area contributed by atoms with Gasteiger partial charge in [0.15, 0.2) is 0 Å². The quantitative estimate of drug-likeness (QED) is 0.262. The van der Waals surface area contributed by atoms with Gasteiger partial charge in [-0.05, 0) is 52.6 Å². The van der Waals surface area contributed by atoms with Crippen LogP contribution in [0.2, 0.25) is 0 Å². The third kappa shape index (κ3) is 2.25. The molecule has 0 saturated heterocycles. The predicted molar refractivity (Wildman–Crippen MR) is 131 cm³/mol. The number of aromatic nitrogens is 2. The van der Waals surface area contributed by atoms with Crippen LogP contribution in [0.25, 0.3) is 59.9 Å². The SMILES string of the molecule is c1ccc(-n2c3ccccc3c3cc4c(cc32)c2ccccc2c2ncccc42)cc1. The molecule has 7 rings (SSSR count). The van der Waals surface area contributed by atoms with Gasteiger partial charge in [0.25, 0.3) is 0 Å². The van der Waals surface area contributed by atoms with Gasteiger partial charge in [0.05, 0.1) is 16.6 Å². The van der Waals surface area contributed by atoms with Crippen LogP contribution in [0.5, 0.6) is 0 Å². The number of benzene rings is 5. The monoisotopic (exact) mass is 394 g/mol. The van der Waals surface area contributed by atoms with Crippen LogP contribution >= 0.6 is 0 Å². The van der Waals surface area contributed by atoms with Crippen molar-refractivity contribution in [2.24, 2.45) is 0 Å². The molecule has 0 fully saturated rings. The summed E-state index contributed by atoms with van der Waals surface area (Å²) in [6.07, 6.45) is 1.89. The lowest BCUT2D eigenvalue weighted by atomic mass is 9.95. The highest BCUT2D eigenvalue weighted by atomic mass is 15.0. The first-order valence-corrected chi connectivity index (χ1v) is 10.6. The van der Waals surface area contributed by atoms with Crippen LogP contribution in [0.15, 0.2) is 109 Å². The molecule has 0 N–H and O–H groups in total.